The van der Waals surface area contributed by atoms with E-state index in [0.717, 1.165) is 85.9 Å². The highest BCUT2D eigenvalue weighted by Crippen LogP contribution is 2.49. The zero-order valence-electron chi connectivity index (χ0n) is 33.6. The fourth-order valence-corrected chi connectivity index (χ4v) is 9.77. The lowest BCUT2D eigenvalue weighted by molar-refractivity contribution is 0.519. The Morgan fingerprint density at radius 1 is 0.492 bits per heavy atom. The summed E-state index contributed by atoms with van der Waals surface area (Å²) in [5.74, 6) is 1.02. The van der Waals surface area contributed by atoms with Crippen molar-refractivity contribution in [3.63, 3.8) is 0 Å². The largest absolute Gasteiger partial charge is 0.459 e. The van der Waals surface area contributed by atoms with E-state index in [1.165, 1.54) is 44.3 Å². The van der Waals surface area contributed by atoms with Crippen molar-refractivity contribution in [3.8, 4) is 22.3 Å². The van der Waals surface area contributed by atoms with Crippen LogP contribution >= 0.6 is 0 Å². The van der Waals surface area contributed by atoms with Gasteiger partial charge in [-0.3, -0.25) is 0 Å². The maximum Gasteiger partial charge on any atom is 0.142 e. The summed E-state index contributed by atoms with van der Waals surface area (Å²) in [6.45, 7) is 0. The van der Waals surface area contributed by atoms with Crippen LogP contribution < -0.4 is 4.90 Å². The van der Waals surface area contributed by atoms with Crippen molar-refractivity contribution >= 4 is 72.4 Å². The van der Waals surface area contributed by atoms with E-state index in [0.29, 0.717) is 0 Å². The van der Waals surface area contributed by atoms with Crippen molar-refractivity contribution in [2.75, 3.05) is 4.90 Å². The monoisotopic (exact) mass is 783 g/mol. The maximum absolute atomic E-state index is 6.99. The molecule has 2 aromatic heterocycles. The van der Waals surface area contributed by atoms with E-state index in [1.54, 1.807) is 0 Å². The molecule has 2 aliphatic rings. The molecular weight excluding hydrogens is 743 g/mol. The van der Waals surface area contributed by atoms with Gasteiger partial charge in [0.1, 0.15) is 22.5 Å². The van der Waals surface area contributed by atoms with Crippen LogP contribution in [0.2, 0.25) is 0 Å². The quantitative estimate of drug-likeness (QED) is 0.161. The molecule has 0 N–H and O–H groups in total. The van der Waals surface area contributed by atoms with Crippen molar-refractivity contribution in [1.82, 2.24) is 0 Å². The smallest absolute Gasteiger partial charge is 0.142 e. The minimum atomic E-state index is 0.00785. The number of allylic oxidation sites excluding steroid dienone is 5. The standard InChI is InChI=1S/C58H41NO2/c1-3-15-39(16-4-1)44-35-32-42(37-51(44)40-17-5-2-6-18-40)38-29-33-43(34-30-38)59(53-26-14-28-55-56(53)50-22-10-12-27-54(50)60-55)52-25-11-9-21-46(52)47-23-13-24-48-49-36-31-41-19-7-8-20-45(41)57(49)61-58(47)48/h2-3,5-22,24-37,47H,1,4,23H2. The van der Waals surface area contributed by atoms with Gasteiger partial charge in [0.15, 0.2) is 0 Å². The Morgan fingerprint density at radius 3 is 2.15 bits per heavy atom. The SMILES string of the molecule is C1=CC(c2ccc(-c3ccc(N(c4ccccc4C4CC=Cc5c4oc4c5ccc5ccccc54)c4cccc5oc6ccccc6c45)cc3)cc2-c2ccccc2)=CCC1. The zero-order chi connectivity index (χ0) is 40.3. The van der Waals surface area contributed by atoms with Crippen LogP contribution in [0.1, 0.15) is 47.6 Å². The number of hydrogen-bond donors (Lipinski definition) is 0. The van der Waals surface area contributed by atoms with E-state index in [2.05, 4.69) is 205 Å². The molecule has 0 radical (unpaired) electrons. The van der Waals surface area contributed by atoms with Gasteiger partial charge in [0.05, 0.1) is 16.8 Å². The van der Waals surface area contributed by atoms with Gasteiger partial charge in [0.25, 0.3) is 0 Å². The average molecular weight is 784 g/mol. The predicted molar refractivity (Wildman–Crippen MR) is 255 cm³/mol. The minimum Gasteiger partial charge on any atom is -0.459 e. The Hall–Kier alpha value is -7.62. The molecule has 0 amide bonds. The van der Waals surface area contributed by atoms with Crippen molar-refractivity contribution in [1.29, 1.82) is 0 Å². The molecule has 0 saturated heterocycles. The Balaban J connectivity index is 1.02. The lowest BCUT2D eigenvalue weighted by atomic mass is 9.85. The van der Waals surface area contributed by atoms with Crippen molar-refractivity contribution < 1.29 is 8.83 Å². The summed E-state index contributed by atoms with van der Waals surface area (Å²) in [6.07, 6.45) is 14.5. The topological polar surface area (TPSA) is 29.5 Å². The van der Waals surface area contributed by atoms with Gasteiger partial charge < -0.3 is 13.7 Å². The van der Waals surface area contributed by atoms with E-state index in [9.17, 15) is 0 Å². The van der Waals surface area contributed by atoms with E-state index < -0.39 is 0 Å². The molecule has 8 aromatic carbocycles. The Morgan fingerprint density at radius 2 is 1.26 bits per heavy atom. The van der Waals surface area contributed by atoms with E-state index in [-0.39, 0.29) is 5.92 Å². The van der Waals surface area contributed by atoms with Gasteiger partial charge in [-0.25, -0.2) is 0 Å². The third-order valence-electron chi connectivity index (χ3n) is 12.7. The van der Waals surface area contributed by atoms with Crippen LogP contribution in [0, 0.1) is 0 Å². The number of hydrogen-bond acceptors (Lipinski definition) is 3. The fraction of sp³-hybridized carbons (Fsp3) is 0.0690. The molecule has 0 bridgehead atoms. The fourth-order valence-electron chi connectivity index (χ4n) is 9.77. The number of fused-ring (bicyclic) bond motifs is 8. The summed E-state index contributed by atoms with van der Waals surface area (Å²) < 4.78 is 13.5. The van der Waals surface area contributed by atoms with Crippen molar-refractivity contribution in [3.05, 3.63) is 223 Å². The number of nitrogens with zero attached hydrogens (tertiary/aromatic N) is 1. The first kappa shape index (κ1) is 35.3. The van der Waals surface area contributed by atoms with Gasteiger partial charge >= 0.3 is 0 Å². The van der Waals surface area contributed by atoms with Crippen LogP contribution in [0.3, 0.4) is 0 Å². The first-order valence-electron chi connectivity index (χ1n) is 21.3. The van der Waals surface area contributed by atoms with Gasteiger partial charge in [0, 0.05) is 33.3 Å². The molecule has 12 rings (SSSR count). The third kappa shape index (κ3) is 5.96. The summed E-state index contributed by atoms with van der Waals surface area (Å²) in [5.41, 5.74) is 15.7. The second-order valence-corrected chi connectivity index (χ2v) is 16.2. The molecule has 61 heavy (non-hydrogen) atoms. The highest BCUT2D eigenvalue weighted by atomic mass is 16.3. The van der Waals surface area contributed by atoms with Crippen LogP contribution in [0.4, 0.5) is 17.1 Å². The summed E-state index contributed by atoms with van der Waals surface area (Å²) in [7, 11) is 0. The van der Waals surface area contributed by atoms with Gasteiger partial charge in [-0.1, -0.05) is 158 Å². The lowest BCUT2D eigenvalue weighted by Crippen LogP contribution is -2.15. The molecule has 290 valence electrons. The molecule has 1 unspecified atom stereocenters. The molecule has 2 heterocycles. The van der Waals surface area contributed by atoms with Crippen LogP contribution in [-0.2, 0) is 0 Å². The number of rotatable bonds is 7. The Labute approximate surface area is 354 Å². The van der Waals surface area contributed by atoms with E-state index >= 15 is 0 Å². The molecule has 3 heteroatoms. The number of furan rings is 2. The molecule has 0 saturated carbocycles. The molecule has 10 aromatic rings. The van der Waals surface area contributed by atoms with Gasteiger partial charge in [-0.2, -0.15) is 0 Å². The van der Waals surface area contributed by atoms with Crippen LogP contribution in [0.5, 0.6) is 0 Å². The summed E-state index contributed by atoms with van der Waals surface area (Å²) in [4.78, 5) is 2.43. The second kappa shape index (κ2) is 14.6. The minimum absolute atomic E-state index is 0.00785. The second-order valence-electron chi connectivity index (χ2n) is 16.2. The molecule has 0 spiro atoms. The van der Waals surface area contributed by atoms with Gasteiger partial charge in [-0.15, -0.1) is 0 Å². The highest BCUT2D eigenvalue weighted by molar-refractivity contribution is 6.13. The maximum atomic E-state index is 6.99. The number of para-hydroxylation sites is 2. The van der Waals surface area contributed by atoms with Gasteiger partial charge in [-0.05, 0) is 112 Å². The number of benzene rings is 8. The number of anilines is 3. The molecular formula is C58H41NO2. The highest BCUT2D eigenvalue weighted by Gasteiger charge is 2.30. The van der Waals surface area contributed by atoms with Crippen LogP contribution in [-0.4, -0.2) is 0 Å². The summed E-state index contributed by atoms with van der Waals surface area (Å²) >= 11 is 0. The first-order chi connectivity index (χ1) is 30.3. The molecule has 0 aliphatic heterocycles. The first-order valence-corrected chi connectivity index (χ1v) is 21.3. The Bertz CT molecular complexity index is 3400. The molecule has 2 aliphatic carbocycles. The average Bonchev–Trinajstić information content (AvgIpc) is 3.92. The molecule has 1 atom stereocenters. The summed E-state index contributed by atoms with van der Waals surface area (Å²) in [6, 6.07) is 63.4. The van der Waals surface area contributed by atoms with Crippen LogP contribution in [0.25, 0.3) is 77.6 Å². The summed E-state index contributed by atoms with van der Waals surface area (Å²) in [5, 5.41) is 5.66. The Kier molecular flexibility index (Phi) is 8.45. The predicted octanol–water partition coefficient (Wildman–Crippen LogP) is 16.6. The van der Waals surface area contributed by atoms with Crippen LogP contribution in [0.15, 0.2) is 209 Å². The molecule has 3 nitrogen and oxygen atoms in total. The van der Waals surface area contributed by atoms with E-state index in [4.69, 9.17) is 8.83 Å². The van der Waals surface area contributed by atoms with Crippen molar-refractivity contribution in [2.24, 2.45) is 0 Å². The molecule has 0 fully saturated rings. The van der Waals surface area contributed by atoms with E-state index in [1.807, 2.05) is 6.07 Å². The van der Waals surface area contributed by atoms with Gasteiger partial charge in [0.2, 0.25) is 0 Å². The van der Waals surface area contributed by atoms with Crippen molar-refractivity contribution in [2.45, 2.75) is 25.2 Å². The third-order valence-corrected chi connectivity index (χ3v) is 12.7. The normalized spacial score (nSPS) is 14.8. The zero-order valence-corrected chi connectivity index (χ0v) is 33.6. The lowest BCUT2D eigenvalue weighted by Gasteiger charge is -2.31.